The van der Waals surface area contributed by atoms with Gasteiger partial charge in [-0.05, 0) is 153 Å². The summed E-state index contributed by atoms with van der Waals surface area (Å²) in [4.78, 5) is 0. The van der Waals surface area contributed by atoms with Gasteiger partial charge in [-0.2, -0.15) is 0 Å². The third-order valence-corrected chi connectivity index (χ3v) is 14.7. The summed E-state index contributed by atoms with van der Waals surface area (Å²) in [7, 11) is 0. The molecule has 0 aromatic heterocycles. The second-order valence-corrected chi connectivity index (χ2v) is 18.4. The zero-order chi connectivity index (χ0) is 42.6. The number of hydrogen-bond acceptors (Lipinski definition) is 0. The molecular weight excluding hydrogens is 769 g/mol. The summed E-state index contributed by atoms with van der Waals surface area (Å²) in [6.07, 6.45) is 0. The highest BCUT2D eigenvalue weighted by Gasteiger charge is 2.51. The molecule has 13 rings (SSSR count). The molecule has 0 amide bonds. The molecule has 0 aliphatic heterocycles. The van der Waals surface area contributed by atoms with Gasteiger partial charge in [-0.15, -0.1) is 0 Å². The minimum Gasteiger partial charge on any atom is -0.0619 e. The topological polar surface area (TPSA) is 0 Å². The average Bonchev–Trinajstić information content (AvgIpc) is 3.92. The smallest absolute Gasteiger partial charge is 0.0619 e. The summed E-state index contributed by atoms with van der Waals surface area (Å²) in [5.74, 6) is 0. The van der Waals surface area contributed by atoms with Crippen LogP contribution in [0, 0.1) is 0 Å². The van der Waals surface area contributed by atoms with Gasteiger partial charge in [-0.25, -0.2) is 0 Å². The third kappa shape index (κ3) is 5.30. The lowest BCUT2D eigenvalue weighted by atomic mass is 9.70. The summed E-state index contributed by atoms with van der Waals surface area (Å²) in [6.45, 7) is 4.70. The molecule has 10 aromatic carbocycles. The van der Waals surface area contributed by atoms with E-state index in [9.17, 15) is 0 Å². The van der Waals surface area contributed by atoms with Crippen molar-refractivity contribution in [2.75, 3.05) is 0 Å². The first-order valence-electron chi connectivity index (χ1n) is 22.6. The summed E-state index contributed by atoms with van der Waals surface area (Å²) >= 11 is 0. The molecule has 300 valence electrons. The Morgan fingerprint density at radius 2 is 0.484 bits per heavy atom. The maximum Gasteiger partial charge on any atom is 0.0725 e. The number of benzene rings is 10. The second-order valence-electron chi connectivity index (χ2n) is 18.4. The molecule has 0 heterocycles. The predicted octanol–water partition coefficient (Wildman–Crippen LogP) is 16.7. The molecule has 0 fully saturated rings. The van der Waals surface area contributed by atoms with Crippen LogP contribution in [0.15, 0.2) is 231 Å². The Morgan fingerprint density at radius 1 is 0.203 bits per heavy atom. The van der Waals surface area contributed by atoms with Crippen LogP contribution in [-0.4, -0.2) is 0 Å². The van der Waals surface area contributed by atoms with Crippen molar-refractivity contribution in [2.24, 2.45) is 0 Å². The summed E-state index contributed by atoms with van der Waals surface area (Å²) < 4.78 is 0. The van der Waals surface area contributed by atoms with Crippen LogP contribution in [0.5, 0.6) is 0 Å². The summed E-state index contributed by atoms with van der Waals surface area (Å²) in [6, 6.07) is 86.3. The largest absolute Gasteiger partial charge is 0.0725 e. The lowest BCUT2D eigenvalue weighted by Gasteiger charge is -2.30. The summed E-state index contributed by atoms with van der Waals surface area (Å²) in [5, 5.41) is 0. The van der Waals surface area contributed by atoms with E-state index in [4.69, 9.17) is 0 Å². The van der Waals surface area contributed by atoms with Crippen LogP contribution in [0.25, 0.3) is 89.0 Å². The predicted molar refractivity (Wildman–Crippen MR) is 267 cm³/mol. The Hall–Kier alpha value is -7.80. The van der Waals surface area contributed by atoms with Crippen LogP contribution < -0.4 is 0 Å². The van der Waals surface area contributed by atoms with Crippen LogP contribution in [0.3, 0.4) is 0 Å². The monoisotopic (exact) mass is 812 g/mol. The maximum atomic E-state index is 2.48. The van der Waals surface area contributed by atoms with Gasteiger partial charge in [-0.1, -0.05) is 214 Å². The van der Waals surface area contributed by atoms with Crippen LogP contribution in [-0.2, 0) is 10.8 Å². The van der Waals surface area contributed by atoms with Crippen molar-refractivity contribution in [2.45, 2.75) is 24.7 Å². The van der Waals surface area contributed by atoms with Crippen LogP contribution in [0.4, 0.5) is 0 Å². The fourth-order valence-electron chi connectivity index (χ4n) is 11.6. The minimum atomic E-state index is -0.355. The van der Waals surface area contributed by atoms with E-state index in [-0.39, 0.29) is 10.8 Å². The SMILES string of the molecule is CC1(C)c2ccccc2-c2ccc(-c3cccc(-c4ccc(-c5cccc(-c6cccc(-c7ccc8c(c7)C7(c9ccccc9-c9ccccc97)c7ccccc7-8)c6)c5)cc4)c3)cc21. The number of hydrogen-bond donors (Lipinski definition) is 0. The van der Waals surface area contributed by atoms with Crippen molar-refractivity contribution in [1.82, 2.24) is 0 Å². The average molecular weight is 813 g/mol. The Bertz CT molecular complexity index is 3460. The molecular formula is C64H44. The fourth-order valence-corrected chi connectivity index (χ4v) is 11.6. The zero-order valence-electron chi connectivity index (χ0n) is 35.9. The van der Waals surface area contributed by atoms with E-state index in [2.05, 4.69) is 244 Å². The van der Waals surface area contributed by atoms with Crippen LogP contribution in [0.1, 0.15) is 47.2 Å². The Balaban J connectivity index is 0.810. The fraction of sp³-hybridized carbons (Fsp3) is 0.0625. The lowest BCUT2D eigenvalue weighted by molar-refractivity contribution is 0.660. The van der Waals surface area contributed by atoms with Gasteiger partial charge in [0.25, 0.3) is 0 Å². The molecule has 10 aromatic rings. The number of fused-ring (bicyclic) bond motifs is 13. The lowest BCUT2D eigenvalue weighted by Crippen LogP contribution is -2.25. The molecule has 3 aliphatic carbocycles. The molecule has 0 saturated heterocycles. The third-order valence-electron chi connectivity index (χ3n) is 14.7. The van der Waals surface area contributed by atoms with E-state index in [1.165, 1.54) is 122 Å². The molecule has 0 heteroatoms. The van der Waals surface area contributed by atoms with Gasteiger partial charge in [-0.3, -0.25) is 0 Å². The van der Waals surface area contributed by atoms with Crippen molar-refractivity contribution >= 4 is 0 Å². The van der Waals surface area contributed by atoms with Gasteiger partial charge < -0.3 is 0 Å². The van der Waals surface area contributed by atoms with E-state index in [1.807, 2.05) is 0 Å². The van der Waals surface area contributed by atoms with Crippen molar-refractivity contribution in [3.05, 3.63) is 264 Å². The number of rotatable bonds is 5. The molecule has 64 heavy (non-hydrogen) atoms. The Morgan fingerprint density at radius 3 is 0.906 bits per heavy atom. The van der Waals surface area contributed by atoms with Crippen molar-refractivity contribution < 1.29 is 0 Å². The highest BCUT2D eigenvalue weighted by Crippen LogP contribution is 2.63. The quantitative estimate of drug-likeness (QED) is 0.162. The summed E-state index contributed by atoms with van der Waals surface area (Å²) in [5.41, 5.74) is 28.2. The van der Waals surface area contributed by atoms with E-state index in [0.29, 0.717) is 0 Å². The molecule has 0 radical (unpaired) electrons. The van der Waals surface area contributed by atoms with Gasteiger partial charge in [0.15, 0.2) is 0 Å². The Kier molecular flexibility index (Phi) is 7.97. The van der Waals surface area contributed by atoms with Crippen molar-refractivity contribution in [3.63, 3.8) is 0 Å². The zero-order valence-corrected chi connectivity index (χ0v) is 35.9. The first kappa shape index (κ1) is 36.8. The van der Waals surface area contributed by atoms with Gasteiger partial charge in [0.2, 0.25) is 0 Å². The Labute approximate surface area is 375 Å². The van der Waals surface area contributed by atoms with Crippen LogP contribution >= 0.6 is 0 Å². The second kappa shape index (κ2) is 13.9. The molecule has 0 saturated carbocycles. The molecule has 0 N–H and O–H groups in total. The van der Waals surface area contributed by atoms with Crippen molar-refractivity contribution in [1.29, 1.82) is 0 Å². The van der Waals surface area contributed by atoms with E-state index in [0.717, 1.165) is 0 Å². The standard InChI is InChI=1S/C64H44/c1-63(2)57-24-7-3-20-51(57)55-34-32-49(39-61(55)63)47-18-12-15-44(37-47)42-30-28-41(29-31-42)43-14-11-16-45(36-43)46-17-13-19-48(38-46)50-33-35-56-54-23-6-10-27-60(54)64(62(56)40-50)58-25-8-4-21-52(58)53-22-5-9-26-59(53)64/h3-40H,1-2H3. The maximum absolute atomic E-state index is 2.48. The van der Waals surface area contributed by atoms with E-state index >= 15 is 0 Å². The molecule has 0 nitrogen and oxygen atoms in total. The molecule has 3 aliphatic rings. The minimum absolute atomic E-state index is 0.0219. The molecule has 0 bridgehead atoms. The molecule has 0 unspecified atom stereocenters. The highest BCUT2D eigenvalue weighted by atomic mass is 14.5. The van der Waals surface area contributed by atoms with Gasteiger partial charge in [0.1, 0.15) is 0 Å². The molecule has 1 spiro atoms. The van der Waals surface area contributed by atoms with Gasteiger partial charge >= 0.3 is 0 Å². The first-order valence-corrected chi connectivity index (χ1v) is 22.6. The first-order chi connectivity index (χ1) is 31.5. The highest BCUT2D eigenvalue weighted by molar-refractivity contribution is 5.96. The normalized spacial score (nSPS) is 14.0. The van der Waals surface area contributed by atoms with Gasteiger partial charge in [0, 0.05) is 5.41 Å². The van der Waals surface area contributed by atoms with E-state index in [1.54, 1.807) is 0 Å². The molecule has 0 atom stereocenters. The van der Waals surface area contributed by atoms with Crippen molar-refractivity contribution in [3.8, 4) is 89.0 Å². The van der Waals surface area contributed by atoms with Crippen LogP contribution in [0.2, 0.25) is 0 Å². The van der Waals surface area contributed by atoms with Gasteiger partial charge in [0.05, 0.1) is 5.41 Å². The van der Waals surface area contributed by atoms with E-state index < -0.39 is 0 Å².